The molecule has 1 fully saturated rings. The summed E-state index contributed by atoms with van der Waals surface area (Å²) in [7, 11) is 0. The fraction of sp³-hybridized carbons (Fsp3) is 0.368. The number of nitrogens with zero attached hydrogens (tertiary/aromatic N) is 3. The minimum Gasteiger partial charge on any atom is -0.339 e. The van der Waals surface area contributed by atoms with Crippen molar-refractivity contribution in [3.8, 4) is 10.7 Å². The van der Waals surface area contributed by atoms with Crippen molar-refractivity contribution < 1.29 is 4.79 Å². The zero-order chi connectivity index (χ0) is 16.5. The molecule has 3 aromatic rings. The molecule has 0 spiro atoms. The molecule has 1 aliphatic heterocycles. The van der Waals surface area contributed by atoms with E-state index in [0.29, 0.717) is 5.69 Å². The van der Waals surface area contributed by atoms with Crippen LogP contribution in [0.3, 0.4) is 0 Å². The highest BCUT2D eigenvalue weighted by atomic mass is 32.1. The number of thiazole rings is 1. The van der Waals surface area contributed by atoms with Crippen LogP contribution in [0.25, 0.3) is 21.6 Å². The number of piperidine rings is 1. The van der Waals surface area contributed by atoms with Crippen molar-refractivity contribution in [2.75, 3.05) is 13.1 Å². The molecule has 0 bridgehead atoms. The highest BCUT2D eigenvalue weighted by molar-refractivity contribution is 7.13. The molecule has 24 heavy (non-hydrogen) atoms. The Labute approximate surface area is 145 Å². The fourth-order valence-corrected chi connectivity index (χ4v) is 4.29. The number of likely N-dealkylation sites (tertiary alicyclic amines) is 1. The van der Waals surface area contributed by atoms with E-state index < -0.39 is 0 Å². The summed E-state index contributed by atoms with van der Waals surface area (Å²) in [5.74, 6) is 0.0800. The summed E-state index contributed by atoms with van der Waals surface area (Å²) in [5.41, 5.74) is 2.90. The van der Waals surface area contributed by atoms with Crippen molar-refractivity contribution >= 4 is 28.1 Å². The molecule has 124 valence electrons. The molecular weight excluding hydrogens is 318 g/mol. The summed E-state index contributed by atoms with van der Waals surface area (Å²) < 4.78 is 2.27. The summed E-state index contributed by atoms with van der Waals surface area (Å²) in [5, 5.41) is 4.05. The Bertz CT molecular complexity index is 874. The van der Waals surface area contributed by atoms with E-state index in [-0.39, 0.29) is 5.91 Å². The quantitative estimate of drug-likeness (QED) is 0.709. The van der Waals surface area contributed by atoms with E-state index in [1.165, 1.54) is 17.3 Å². The van der Waals surface area contributed by atoms with Crippen molar-refractivity contribution in [3.63, 3.8) is 0 Å². The summed E-state index contributed by atoms with van der Waals surface area (Å²) in [6, 6.07) is 10.5. The van der Waals surface area contributed by atoms with Gasteiger partial charge in [-0.25, -0.2) is 4.98 Å². The normalized spacial score (nSPS) is 15.1. The van der Waals surface area contributed by atoms with Gasteiger partial charge in [-0.15, -0.1) is 11.3 Å². The number of carbonyl (C=O) groups excluding carboxylic acids is 1. The maximum atomic E-state index is 12.6. The molecule has 0 aliphatic carbocycles. The Morgan fingerprint density at radius 2 is 2.00 bits per heavy atom. The fourth-order valence-electron chi connectivity index (χ4n) is 3.48. The van der Waals surface area contributed by atoms with E-state index in [0.717, 1.165) is 43.2 Å². The smallest absolute Gasteiger partial charge is 0.273 e. The van der Waals surface area contributed by atoms with Crippen LogP contribution >= 0.6 is 11.3 Å². The molecule has 0 unspecified atom stereocenters. The van der Waals surface area contributed by atoms with Crippen molar-refractivity contribution in [2.24, 2.45) is 0 Å². The Morgan fingerprint density at radius 3 is 2.79 bits per heavy atom. The van der Waals surface area contributed by atoms with Gasteiger partial charge in [0, 0.05) is 35.9 Å². The second-order valence-electron chi connectivity index (χ2n) is 6.22. The van der Waals surface area contributed by atoms with Crippen LogP contribution < -0.4 is 0 Å². The van der Waals surface area contributed by atoms with Crippen molar-refractivity contribution in [1.82, 2.24) is 14.5 Å². The topological polar surface area (TPSA) is 38.1 Å². The Kier molecular flexibility index (Phi) is 4.10. The number of fused-ring (bicyclic) bond motifs is 1. The molecule has 0 radical (unpaired) electrons. The van der Waals surface area contributed by atoms with Crippen molar-refractivity contribution in [1.29, 1.82) is 0 Å². The maximum Gasteiger partial charge on any atom is 0.273 e. The zero-order valence-electron chi connectivity index (χ0n) is 13.9. The number of benzene rings is 1. The van der Waals surface area contributed by atoms with Gasteiger partial charge >= 0.3 is 0 Å². The van der Waals surface area contributed by atoms with E-state index in [4.69, 9.17) is 0 Å². The molecule has 0 atom stereocenters. The average molecular weight is 339 g/mol. The number of aromatic nitrogens is 2. The number of para-hydroxylation sites is 1. The third-order valence-corrected chi connectivity index (χ3v) is 5.58. The second kappa shape index (κ2) is 6.40. The SMILES string of the molecule is CCn1c(-c2nc(C(=O)N3CCCCC3)cs2)cc2ccccc21. The minimum atomic E-state index is 0.0800. The van der Waals surface area contributed by atoms with Gasteiger partial charge in [0.25, 0.3) is 5.91 Å². The van der Waals surface area contributed by atoms with Crippen LogP contribution in [0.5, 0.6) is 0 Å². The lowest BCUT2D eigenvalue weighted by Crippen LogP contribution is -2.35. The highest BCUT2D eigenvalue weighted by Gasteiger charge is 2.21. The Hall–Kier alpha value is -2.14. The first-order chi connectivity index (χ1) is 11.8. The Morgan fingerprint density at radius 1 is 1.21 bits per heavy atom. The van der Waals surface area contributed by atoms with Gasteiger partial charge in [-0.3, -0.25) is 4.79 Å². The molecule has 0 N–H and O–H groups in total. The molecule has 1 saturated heterocycles. The molecule has 4 rings (SSSR count). The number of hydrogen-bond donors (Lipinski definition) is 0. The average Bonchev–Trinajstić information content (AvgIpc) is 3.26. The van der Waals surface area contributed by atoms with Gasteiger partial charge in [0.2, 0.25) is 0 Å². The molecule has 4 nitrogen and oxygen atoms in total. The van der Waals surface area contributed by atoms with E-state index in [1.54, 1.807) is 11.3 Å². The molecule has 1 aromatic carbocycles. The van der Waals surface area contributed by atoms with Gasteiger partial charge < -0.3 is 9.47 Å². The van der Waals surface area contributed by atoms with Crippen LogP contribution in [-0.4, -0.2) is 33.4 Å². The van der Waals surface area contributed by atoms with Crippen molar-refractivity contribution in [3.05, 3.63) is 41.4 Å². The number of amides is 1. The third-order valence-electron chi connectivity index (χ3n) is 4.71. The molecule has 5 heteroatoms. The Balaban J connectivity index is 1.68. The first-order valence-corrected chi connectivity index (χ1v) is 9.49. The summed E-state index contributed by atoms with van der Waals surface area (Å²) in [6.45, 7) is 4.75. The van der Waals surface area contributed by atoms with Crippen molar-refractivity contribution in [2.45, 2.75) is 32.7 Å². The first kappa shape index (κ1) is 15.4. The molecule has 2 aromatic heterocycles. The lowest BCUT2D eigenvalue weighted by Gasteiger charge is -2.25. The molecular formula is C19H21N3OS. The van der Waals surface area contributed by atoms with E-state index in [9.17, 15) is 4.79 Å². The predicted octanol–water partition coefficient (Wildman–Crippen LogP) is 4.41. The summed E-state index contributed by atoms with van der Waals surface area (Å²) in [4.78, 5) is 19.2. The van der Waals surface area contributed by atoms with Gasteiger partial charge in [0.1, 0.15) is 10.7 Å². The zero-order valence-corrected chi connectivity index (χ0v) is 14.7. The van der Waals surface area contributed by atoms with Gasteiger partial charge in [-0.1, -0.05) is 18.2 Å². The predicted molar refractivity (Wildman–Crippen MR) is 98.5 cm³/mol. The van der Waals surface area contributed by atoms with Crippen LogP contribution in [0.1, 0.15) is 36.7 Å². The second-order valence-corrected chi connectivity index (χ2v) is 7.08. The van der Waals surface area contributed by atoms with Crippen LogP contribution in [-0.2, 0) is 6.54 Å². The minimum absolute atomic E-state index is 0.0800. The van der Waals surface area contributed by atoms with Gasteiger partial charge in [-0.05, 0) is 38.3 Å². The largest absolute Gasteiger partial charge is 0.339 e. The number of rotatable bonds is 3. The monoisotopic (exact) mass is 339 g/mol. The summed E-state index contributed by atoms with van der Waals surface area (Å²) in [6.07, 6.45) is 3.43. The third kappa shape index (κ3) is 2.63. The molecule has 3 heterocycles. The van der Waals surface area contributed by atoms with Crippen LogP contribution in [0, 0.1) is 0 Å². The van der Waals surface area contributed by atoms with Gasteiger partial charge in [0.15, 0.2) is 0 Å². The molecule has 1 amide bonds. The van der Waals surface area contributed by atoms with Gasteiger partial charge in [0.05, 0.1) is 5.69 Å². The standard InChI is InChI=1S/C19H21N3OS/c1-2-22-16-9-5-4-8-14(16)12-17(22)18-20-15(13-24-18)19(23)21-10-6-3-7-11-21/h4-5,8-9,12-13H,2-3,6-7,10-11H2,1H3. The van der Waals surface area contributed by atoms with Crippen LogP contribution in [0.2, 0.25) is 0 Å². The van der Waals surface area contributed by atoms with E-state index in [1.807, 2.05) is 10.3 Å². The van der Waals surface area contributed by atoms with Crippen LogP contribution in [0.15, 0.2) is 35.7 Å². The van der Waals surface area contributed by atoms with Crippen LogP contribution in [0.4, 0.5) is 0 Å². The maximum absolute atomic E-state index is 12.6. The lowest BCUT2D eigenvalue weighted by molar-refractivity contribution is 0.0719. The van der Waals surface area contributed by atoms with E-state index in [2.05, 4.69) is 46.8 Å². The molecule has 1 aliphatic rings. The first-order valence-electron chi connectivity index (χ1n) is 8.61. The number of carbonyl (C=O) groups is 1. The summed E-state index contributed by atoms with van der Waals surface area (Å²) >= 11 is 1.56. The number of hydrogen-bond acceptors (Lipinski definition) is 3. The van der Waals surface area contributed by atoms with E-state index >= 15 is 0 Å². The number of aryl methyl sites for hydroxylation is 1. The highest BCUT2D eigenvalue weighted by Crippen LogP contribution is 2.30. The molecule has 0 saturated carbocycles. The van der Waals surface area contributed by atoms with Gasteiger partial charge in [-0.2, -0.15) is 0 Å². The lowest BCUT2D eigenvalue weighted by atomic mass is 10.1.